The highest BCUT2D eigenvalue weighted by Crippen LogP contribution is 2.39. The zero-order valence-electron chi connectivity index (χ0n) is 18.1. The van der Waals surface area contributed by atoms with Crippen LogP contribution in [0.15, 0.2) is 36.4 Å². The van der Waals surface area contributed by atoms with E-state index in [-0.39, 0.29) is 5.91 Å². The molecular formula is C23H32N2O4. The molecule has 2 aromatic rings. The molecule has 0 spiro atoms. The van der Waals surface area contributed by atoms with Crippen molar-refractivity contribution in [2.24, 2.45) is 0 Å². The van der Waals surface area contributed by atoms with E-state index in [0.717, 1.165) is 12.1 Å². The summed E-state index contributed by atoms with van der Waals surface area (Å²) < 4.78 is 17.1. The third-order valence-corrected chi connectivity index (χ3v) is 4.22. The monoisotopic (exact) mass is 400 g/mol. The van der Waals surface area contributed by atoms with Crippen LogP contribution in [0.5, 0.6) is 17.2 Å². The molecule has 2 aromatic carbocycles. The van der Waals surface area contributed by atoms with Crippen LogP contribution in [-0.2, 0) is 13.1 Å². The van der Waals surface area contributed by atoms with E-state index in [2.05, 4.69) is 16.3 Å². The molecule has 0 aromatic heterocycles. The predicted molar refractivity (Wildman–Crippen MR) is 115 cm³/mol. The SMILES string of the molecule is CCOc1cc(C(=O)NCc2ccccc2CN(C)C)cc(OCC)c1OCC. The highest BCUT2D eigenvalue weighted by atomic mass is 16.5. The highest BCUT2D eigenvalue weighted by molar-refractivity contribution is 5.95. The molecule has 158 valence electrons. The zero-order chi connectivity index (χ0) is 21.2. The Morgan fingerprint density at radius 3 is 1.97 bits per heavy atom. The van der Waals surface area contributed by atoms with Crippen LogP contribution in [-0.4, -0.2) is 44.7 Å². The van der Waals surface area contributed by atoms with Crippen LogP contribution in [0.25, 0.3) is 0 Å². The molecule has 2 rings (SSSR count). The second-order valence-electron chi connectivity index (χ2n) is 6.79. The summed E-state index contributed by atoms with van der Waals surface area (Å²) in [6, 6.07) is 11.5. The number of ether oxygens (including phenoxy) is 3. The van der Waals surface area contributed by atoms with Crippen molar-refractivity contribution >= 4 is 5.91 Å². The van der Waals surface area contributed by atoms with Crippen LogP contribution in [0.3, 0.4) is 0 Å². The number of nitrogens with zero attached hydrogens (tertiary/aromatic N) is 1. The molecule has 6 nitrogen and oxygen atoms in total. The minimum absolute atomic E-state index is 0.186. The van der Waals surface area contributed by atoms with Gasteiger partial charge in [0.25, 0.3) is 5.91 Å². The van der Waals surface area contributed by atoms with E-state index in [1.165, 1.54) is 5.56 Å². The molecule has 0 bridgehead atoms. The lowest BCUT2D eigenvalue weighted by Crippen LogP contribution is -2.24. The summed E-state index contributed by atoms with van der Waals surface area (Å²) in [5, 5.41) is 3.01. The topological polar surface area (TPSA) is 60.0 Å². The van der Waals surface area contributed by atoms with Crippen molar-refractivity contribution in [1.29, 1.82) is 0 Å². The Bertz CT molecular complexity index is 778. The van der Waals surface area contributed by atoms with E-state index in [1.54, 1.807) is 12.1 Å². The van der Waals surface area contributed by atoms with Crippen LogP contribution >= 0.6 is 0 Å². The minimum atomic E-state index is -0.186. The average molecular weight is 401 g/mol. The third-order valence-electron chi connectivity index (χ3n) is 4.22. The molecule has 0 saturated heterocycles. The van der Waals surface area contributed by atoms with E-state index >= 15 is 0 Å². The number of benzene rings is 2. The number of amides is 1. The zero-order valence-corrected chi connectivity index (χ0v) is 18.1. The molecule has 0 radical (unpaired) electrons. The van der Waals surface area contributed by atoms with Crippen LogP contribution in [0.4, 0.5) is 0 Å². The summed E-state index contributed by atoms with van der Waals surface area (Å²) >= 11 is 0. The molecule has 0 atom stereocenters. The van der Waals surface area contributed by atoms with Gasteiger partial charge >= 0.3 is 0 Å². The molecule has 0 unspecified atom stereocenters. The Labute approximate surface area is 173 Å². The van der Waals surface area contributed by atoms with Gasteiger partial charge in [-0.3, -0.25) is 4.79 Å². The van der Waals surface area contributed by atoms with E-state index in [9.17, 15) is 4.79 Å². The molecular weight excluding hydrogens is 368 g/mol. The fraction of sp³-hybridized carbons (Fsp3) is 0.435. The van der Waals surface area contributed by atoms with Crippen LogP contribution in [0.1, 0.15) is 42.3 Å². The lowest BCUT2D eigenvalue weighted by molar-refractivity contribution is 0.0949. The molecule has 0 aliphatic heterocycles. The van der Waals surface area contributed by atoms with E-state index in [4.69, 9.17) is 14.2 Å². The highest BCUT2D eigenvalue weighted by Gasteiger charge is 2.18. The van der Waals surface area contributed by atoms with Crippen LogP contribution < -0.4 is 19.5 Å². The molecule has 1 amide bonds. The van der Waals surface area contributed by atoms with Crippen molar-refractivity contribution in [2.45, 2.75) is 33.9 Å². The van der Waals surface area contributed by atoms with Crippen molar-refractivity contribution < 1.29 is 19.0 Å². The van der Waals surface area contributed by atoms with Crippen molar-refractivity contribution in [2.75, 3.05) is 33.9 Å². The van der Waals surface area contributed by atoms with Crippen molar-refractivity contribution in [1.82, 2.24) is 10.2 Å². The first-order valence-electron chi connectivity index (χ1n) is 10.1. The Morgan fingerprint density at radius 2 is 1.45 bits per heavy atom. The van der Waals surface area contributed by atoms with E-state index < -0.39 is 0 Å². The van der Waals surface area contributed by atoms with Crippen LogP contribution in [0.2, 0.25) is 0 Å². The van der Waals surface area contributed by atoms with Gasteiger partial charge < -0.3 is 24.4 Å². The maximum Gasteiger partial charge on any atom is 0.251 e. The second-order valence-corrected chi connectivity index (χ2v) is 6.79. The minimum Gasteiger partial charge on any atom is -0.490 e. The Morgan fingerprint density at radius 1 is 0.897 bits per heavy atom. The standard InChI is InChI=1S/C23H32N2O4/c1-6-27-20-13-19(14-21(28-7-2)22(20)29-8-3)23(26)24-15-17-11-9-10-12-18(17)16-25(4)5/h9-14H,6-8,15-16H2,1-5H3,(H,24,26). The number of hydrogen-bond donors (Lipinski definition) is 1. The summed E-state index contributed by atoms with van der Waals surface area (Å²) in [7, 11) is 4.06. The second kappa shape index (κ2) is 11.3. The number of carbonyl (C=O) groups excluding carboxylic acids is 1. The summed E-state index contributed by atoms with van der Waals surface area (Å²) in [6.45, 7) is 8.37. The summed E-state index contributed by atoms with van der Waals surface area (Å²) in [5.74, 6) is 1.37. The molecule has 29 heavy (non-hydrogen) atoms. The van der Waals surface area contributed by atoms with E-state index in [0.29, 0.717) is 49.2 Å². The van der Waals surface area contributed by atoms with Gasteiger partial charge in [-0.1, -0.05) is 24.3 Å². The van der Waals surface area contributed by atoms with Gasteiger partial charge in [0.1, 0.15) is 0 Å². The van der Waals surface area contributed by atoms with Gasteiger partial charge in [0, 0.05) is 18.7 Å². The number of rotatable bonds is 11. The number of carbonyl (C=O) groups is 1. The lowest BCUT2D eigenvalue weighted by Gasteiger charge is -2.17. The molecule has 6 heteroatoms. The average Bonchev–Trinajstić information content (AvgIpc) is 2.69. The molecule has 0 fully saturated rings. The largest absolute Gasteiger partial charge is 0.490 e. The van der Waals surface area contributed by atoms with Gasteiger partial charge in [0.05, 0.1) is 19.8 Å². The van der Waals surface area contributed by atoms with Crippen molar-refractivity contribution in [3.63, 3.8) is 0 Å². The number of hydrogen-bond acceptors (Lipinski definition) is 5. The lowest BCUT2D eigenvalue weighted by atomic mass is 10.1. The van der Waals surface area contributed by atoms with Gasteiger partial charge in [-0.2, -0.15) is 0 Å². The fourth-order valence-corrected chi connectivity index (χ4v) is 3.02. The Balaban J connectivity index is 2.24. The molecule has 1 N–H and O–H groups in total. The molecule has 0 aliphatic rings. The molecule has 0 heterocycles. The maximum atomic E-state index is 12.9. The van der Waals surface area contributed by atoms with Crippen molar-refractivity contribution in [3.05, 3.63) is 53.1 Å². The first-order valence-corrected chi connectivity index (χ1v) is 10.1. The summed E-state index contributed by atoms with van der Waals surface area (Å²) in [5.41, 5.74) is 2.76. The molecule has 0 saturated carbocycles. The van der Waals surface area contributed by atoms with Gasteiger partial charge in [0.15, 0.2) is 11.5 Å². The predicted octanol–water partition coefficient (Wildman–Crippen LogP) is 3.87. The number of nitrogens with one attached hydrogen (secondary N) is 1. The van der Waals surface area contributed by atoms with Gasteiger partial charge in [-0.25, -0.2) is 0 Å². The Hall–Kier alpha value is -2.73. The quantitative estimate of drug-likeness (QED) is 0.620. The van der Waals surface area contributed by atoms with Crippen molar-refractivity contribution in [3.8, 4) is 17.2 Å². The van der Waals surface area contributed by atoms with Gasteiger partial charge in [-0.15, -0.1) is 0 Å². The smallest absolute Gasteiger partial charge is 0.251 e. The fourth-order valence-electron chi connectivity index (χ4n) is 3.02. The van der Waals surface area contributed by atoms with Gasteiger partial charge in [-0.05, 0) is 58.1 Å². The summed E-state index contributed by atoms with van der Waals surface area (Å²) in [6.07, 6.45) is 0. The molecule has 0 aliphatic carbocycles. The Kier molecular flexibility index (Phi) is 8.80. The first kappa shape index (κ1) is 22.6. The maximum absolute atomic E-state index is 12.9. The van der Waals surface area contributed by atoms with Gasteiger partial charge in [0.2, 0.25) is 5.75 Å². The van der Waals surface area contributed by atoms with Crippen LogP contribution in [0, 0.1) is 0 Å². The first-order chi connectivity index (χ1) is 14.0. The third kappa shape index (κ3) is 6.39. The normalized spacial score (nSPS) is 10.7. The summed E-state index contributed by atoms with van der Waals surface area (Å²) in [4.78, 5) is 15.0. The van der Waals surface area contributed by atoms with E-state index in [1.807, 2.05) is 53.1 Å².